The molecule has 174 valence electrons. The maximum Gasteiger partial charge on any atom is 0.249 e. The van der Waals surface area contributed by atoms with Crippen molar-refractivity contribution in [2.75, 3.05) is 0 Å². The normalized spacial score (nSPS) is 12.8. The van der Waals surface area contributed by atoms with Crippen molar-refractivity contribution in [2.24, 2.45) is 0 Å². The maximum absolute atomic E-state index is 13.7. The van der Waals surface area contributed by atoms with E-state index in [1.165, 1.54) is 12.1 Å². The maximum atomic E-state index is 13.7. The third-order valence-corrected chi connectivity index (χ3v) is 5.46. The van der Waals surface area contributed by atoms with Gasteiger partial charge in [0.1, 0.15) is 23.6 Å². The number of benzene rings is 2. The summed E-state index contributed by atoms with van der Waals surface area (Å²) in [6.45, 7) is 0.203. The van der Waals surface area contributed by atoms with Gasteiger partial charge in [-0.2, -0.15) is 0 Å². The predicted molar refractivity (Wildman–Crippen MR) is 126 cm³/mol. The predicted octanol–water partition coefficient (Wildman–Crippen LogP) is 2.65. The minimum absolute atomic E-state index is 0.0719. The lowest BCUT2D eigenvalue weighted by molar-refractivity contribution is -0.134. The zero-order valence-electron chi connectivity index (χ0n) is 18.4. The molecule has 0 aliphatic carbocycles. The van der Waals surface area contributed by atoms with Gasteiger partial charge >= 0.3 is 0 Å². The second kappa shape index (κ2) is 10.7. The zero-order valence-corrected chi connectivity index (χ0v) is 18.4. The Labute approximate surface area is 196 Å². The number of halogens is 1. The number of hydrogen-bond acceptors (Lipinski definition) is 4. The van der Waals surface area contributed by atoms with Gasteiger partial charge in [-0.05, 0) is 41.0 Å². The molecule has 34 heavy (non-hydrogen) atoms. The monoisotopic (exact) mass is 460 g/mol. The first-order chi connectivity index (χ1) is 16.5. The number of nitrogens with one attached hydrogen (secondary N) is 3. The molecule has 8 heteroatoms. The van der Waals surface area contributed by atoms with Crippen molar-refractivity contribution in [1.29, 1.82) is 0 Å². The molecule has 2 amide bonds. The molecule has 0 saturated heterocycles. The molecule has 0 spiro atoms. The lowest BCUT2D eigenvalue weighted by atomic mass is 10.0. The van der Waals surface area contributed by atoms with E-state index in [-0.39, 0.29) is 19.4 Å². The van der Waals surface area contributed by atoms with Gasteiger partial charge in [0.15, 0.2) is 0 Å². The Morgan fingerprint density at radius 2 is 1.74 bits per heavy atom. The van der Waals surface area contributed by atoms with Crippen molar-refractivity contribution in [3.63, 3.8) is 0 Å². The van der Waals surface area contributed by atoms with E-state index in [4.69, 9.17) is 0 Å². The molecular weight excluding hydrogens is 435 g/mol. The van der Waals surface area contributed by atoms with Gasteiger partial charge in [0.05, 0.1) is 0 Å². The van der Waals surface area contributed by atoms with E-state index in [0.29, 0.717) is 5.56 Å². The van der Waals surface area contributed by atoms with Crippen LogP contribution in [0.25, 0.3) is 11.0 Å². The number of aliphatic hydroxyl groups excluding tert-OH is 1. The average molecular weight is 461 g/mol. The summed E-state index contributed by atoms with van der Waals surface area (Å²) in [5, 5.41) is 16.7. The number of fused-ring (bicyclic) bond motifs is 1. The van der Waals surface area contributed by atoms with Gasteiger partial charge in [-0.3, -0.25) is 9.59 Å². The molecule has 0 bridgehead atoms. The molecule has 0 saturated carbocycles. The number of aliphatic hydroxyl groups is 1. The summed E-state index contributed by atoms with van der Waals surface area (Å²) in [6.07, 6.45) is 2.30. The first kappa shape index (κ1) is 23.1. The topological polar surface area (TPSA) is 107 Å². The molecule has 4 aromatic rings. The summed E-state index contributed by atoms with van der Waals surface area (Å²) >= 11 is 0. The minimum atomic E-state index is -1.33. The Bertz CT molecular complexity index is 1280. The van der Waals surface area contributed by atoms with Crippen molar-refractivity contribution in [1.82, 2.24) is 20.6 Å². The summed E-state index contributed by atoms with van der Waals surface area (Å²) in [5.41, 5.74) is 2.89. The number of aromatic nitrogens is 2. The Morgan fingerprint density at radius 3 is 2.53 bits per heavy atom. The summed E-state index contributed by atoms with van der Waals surface area (Å²) in [6, 6.07) is 17.7. The van der Waals surface area contributed by atoms with E-state index in [9.17, 15) is 19.1 Å². The Balaban J connectivity index is 1.44. The molecule has 2 aromatic heterocycles. The van der Waals surface area contributed by atoms with Crippen LogP contribution < -0.4 is 10.6 Å². The van der Waals surface area contributed by atoms with Crippen LogP contribution in [0, 0.1) is 5.82 Å². The highest BCUT2D eigenvalue weighted by Gasteiger charge is 2.25. The van der Waals surface area contributed by atoms with Crippen molar-refractivity contribution in [3.05, 3.63) is 102 Å². The number of aromatic amines is 1. The summed E-state index contributed by atoms with van der Waals surface area (Å²) in [7, 11) is 0. The van der Waals surface area contributed by atoms with Crippen molar-refractivity contribution in [2.45, 2.75) is 31.5 Å². The van der Waals surface area contributed by atoms with E-state index >= 15 is 0 Å². The average Bonchev–Trinajstić information content (AvgIpc) is 3.30. The number of H-pyrrole nitrogens is 1. The van der Waals surface area contributed by atoms with Crippen LogP contribution in [0.15, 0.2) is 79.1 Å². The van der Waals surface area contributed by atoms with E-state index in [1.54, 1.807) is 24.5 Å². The van der Waals surface area contributed by atoms with Crippen LogP contribution in [0.4, 0.5) is 4.39 Å². The van der Waals surface area contributed by atoms with Crippen LogP contribution in [-0.4, -0.2) is 39.0 Å². The summed E-state index contributed by atoms with van der Waals surface area (Å²) < 4.78 is 13.7. The lowest BCUT2D eigenvalue weighted by Crippen LogP contribution is -2.51. The number of rotatable bonds is 9. The Kier molecular flexibility index (Phi) is 7.29. The number of carbonyl (C=O) groups excluding carboxylic acids is 2. The fourth-order valence-corrected chi connectivity index (χ4v) is 3.70. The van der Waals surface area contributed by atoms with Gasteiger partial charge < -0.3 is 20.7 Å². The van der Waals surface area contributed by atoms with Crippen molar-refractivity contribution in [3.8, 4) is 0 Å². The van der Waals surface area contributed by atoms with Crippen molar-refractivity contribution >= 4 is 22.8 Å². The first-order valence-corrected chi connectivity index (χ1v) is 10.9. The third-order valence-electron chi connectivity index (χ3n) is 5.46. The smallest absolute Gasteiger partial charge is 0.249 e. The number of amides is 2. The van der Waals surface area contributed by atoms with Gasteiger partial charge in [0, 0.05) is 37.2 Å². The van der Waals surface area contributed by atoms with Gasteiger partial charge in [-0.15, -0.1) is 0 Å². The molecule has 4 rings (SSSR count). The molecule has 4 N–H and O–H groups in total. The molecule has 2 atom stereocenters. The van der Waals surface area contributed by atoms with E-state index in [0.717, 1.165) is 22.2 Å². The van der Waals surface area contributed by atoms with Crippen LogP contribution in [0.2, 0.25) is 0 Å². The Morgan fingerprint density at radius 1 is 0.941 bits per heavy atom. The van der Waals surface area contributed by atoms with E-state index in [2.05, 4.69) is 20.6 Å². The Hall–Kier alpha value is -4.04. The molecule has 1 unspecified atom stereocenters. The quantitative estimate of drug-likeness (QED) is 0.308. The molecule has 0 aliphatic rings. The summed E-state index contributed by atoms with van der Waals surface area (Å²) in [4.78, 5) is 33.0. The third kappa shape index (κ3) is 6.05. The number of pyridine rings is 1. The highest BCUT2D eigenvalue weighted by atomic mass is 19.1. The van der Waals surface area contributed by atoms with E-state index < -0.39 is 29.8 Å². The van der Waals surface area contributed by atoms with Gasteiger partial charge in [0.2, 0.25) is 11.8 Å². The van der Waals surface area contributed by atoms with Crippen LogP contribution in [-0.2, 0) is 29.0 Å². The molecular formula is C26H25FN4O3. The fraction of sp³-hybridized carbons (Fsp3) is 0.192. The largest absolute Gasteiger partial charge is 0.383 e. The standard InChI is InChI=1S/C26H25FN4O3/c27-21-8-4-7-18(12-21)13-22(31-26(34)23(32)14-17-5-2-1-3-6-17)25(33)30-16-19-11-20-9-10-28-24(20)29-15-19/h1-12,15,22-23,32H,13-14,16H2,(H,28,29)(H,30,33)(H,31,34)/t22-,23?/m0/s1. The summed E-state index contributed by atoms with van der Waals surface area (Å²) in [5.74, 6) is -1.55. The van der Waals surface area contributed by atoms with Gasteiger partial charge in [-0.25, -0.2) is 9.37 Å². The molecule has 0 aliphatic heterocycles. The highest BCUT2D eigenvalue weighted by molar-refractivity contribution is 5.89. The fourth-order valence-electron chi connectivity index (χ4n) is 3.70. The van der Waals surface area contributed by atoms with E-state index in [1.807, 2.05) is 42.5 Å². The first-order valence-electron chi connectivity index (χ1n) is 10.9. The lowest BCUT2D eigenvalue weighted by Gasteiger charge is -2.21. The SMILES string of the molecule is O=C(N[C@@H](Cc1cccc(F)c1)C(=O)NCc1cnc2[nH]ccc2c1)C(O)Cc1ccccc1. The number of carbonyl (C=O) groups is 2. The zero-order chi connectivity index (χ0) is 23.9. The second-order valence-electron chi connectivity index (χ2n) is 8.08. The number of hydrogen-bond donors (Lipinski definition) is 4. The van der Waals surface area contributed by atoms with Gasteiger partial charge in [-0.1, -0.05) is 42.5 Å². The van der Waals surface area contributed by atoms with Crippen LogP contribution in [0.3, 0.4) is 0 Å². The van der Waals surface area contributed by atoms with Crippen molar-refractivity contribution < 1.29 is 19.1 Å². The van der Waals surface area contributed by atoms with Crippen LogP contribution in [0.5, 0.6) is 0 Å². The molecule has 0 radical (unpaired) electrons. The number of nitrogens with zero attached hydrogens (tertiary/aromatic N) is 1. The second-order valence-corrected chi connectivity index (χ2v) is 8.08. The van der Waals surface area contributed by atoms with Crippen LogP contribution >= 0.6 is 0 Å². The highest BCUT2D eigenvalue weighted by Crippen LogP contribution is 2.12. The molecule has 2 aromatic carbocycles. The van der Waals surface area contributed by atoms with Gasteiger partial charge in [0.25, 0.3) is 0 Å². The molecule has 2 heterocycles. The van der Waals surface area contributed by atoms with Crippen LogP contribution in [0.1, 0.15) is 16.7 Å². The molecule has 7 nitrogen and oxygen atoms in total. The molecule has 0 fully saturated rings. The minimum Gasteiger partial charge on any atom is -0.383 e.